The van der Waals surface area contributed by atoms with Crippen LogP contribution in [0.4, 0.5) is 0 Å². The molecule has 0 rings (SSSR count). The summed E-state index contributed by atoms with van der Waals surface area (Å²) in [6, 6.07) is 0. The van der Waals surface area contributed by atoms with Crippen LogP contribution in [0.2, 0.25) is 0 Å². The van der Waals surface area contributed by atoms with Gasteiger partial charge in [0, 0.05) is 14.2 Å². The van der Waals surface area contributed by atoms with Crippen LogP contribution in [0.1, 0.15) is 0 Å². The zero-order valence-corrected chi connectivity index (χ0v) is 8.19. The Morgan fingerprint density at radius 1 is 1.08 bits per heavy atom. The van der Waals surface area contributed by atoms with Gasteiger partial charge in [0.25, 0.3) is 0 Å². The van der Waals surface area contributed by atoms with Gasteiger partial charge in [0.1, 0.15) is 0 Å². The zero-order valence-electron chi connectivity index (χ0n) is 8.19. The van der Waals surface area contributed by atoms with Crippen molar-refractivity contribution in [2.45, 2.75) is 6.29 Å². The molecule has 1 unspecified atom stereocenters. The van der Waals surface area contributed by atoms with Crippen LogP contribution >= 0.6 is 0 Å². The highest BCUT2D eigenvalue weighted by Crippen LogP contribution is 1.90. The van der Waals surface area contributed by atoms with Crippen molar-refractivity contribution in [3.05, 3.63) is 0 Å². The summed E-state index contributed by atoms with van der Waals surface area (Å²) in [5.41, 5.74) is 0. The van der Waals surface area contributed by atoms with Crippen molar-refractivity contribution >= 4 is 0 Å². The molecule has 0 aromatic heterocycles. The number of hydrogen-bond acceptors (Lipinski definition) is 5. The third-order valence-corrected chi connectivity index (χ3v) is 1.38. The fraction of sp³-hybridized carbons (Fsp3) is 1.00. The molecule has 0 spiro atoms. The van der Waals surface area contributed by atoms with E-state index in [2.05, 4.69) is 0 Å². The van der Waals surface area contributed by atoms with Gasteiger partial charge in [0.05, 0.1) is 33.0 Å². The van der Waals surface area contributed by atoms with Gasteiger partial charge in [0.15, 0.2) is 6.29 Å². The van der Waals surface area contributed by atoms with E-state index in [9.17, 15) is 0 Å². The minimum atomic E-state index is -0.550. The molecule has 0 aromatic carbocycles. The predicted molar refractivity (Wildman–Crippen MR) is 46.5 cm³/mol. The molecule has 0 fully saturated rings. The minimum Gasteiger partial charge on any atom is -0.391 e. The van der Waals surface area contributed by atoms with E-state index in [4.69, 9.17) is 24.1 Å². The summed E-state index contributed by atoms with van der Waals surface area (Å²) in [7, 11) is 3.10. The summed E-state index contributed by atoms with van der Waals surface area (Å²) < 4.78 is 19.8. The van der Waals surface area contributed by atoms with Crippen molar-refractivity contribution in [1.29, 1.82) is 0 Å². The third kappa shape index (κ3) is 8.14. The molecular formula is C8H18O5. The lowest BCUT2D eigenvalue weighted by Gasteiger charge is -2.13. The van der Waals surface area contributed by atoms with E-state index in [1.54, 1.807) is 7.11 Å². The van der Waals surface area contributed by atoms with Crippen molar-refractivity contribution in [2.75, 3.05) is 47.3 Å². The third-order valence-electron chi connectivity index (χ3n) is 1.38. The predicted octanol–water partition coefficient (Wildman–Crippen LogP) is -0.369. The first-order valence-corrected chi connectivity index (χ1v) is 4.17. The van der Waals surface area contributed by atoms with E-state index in [1.165, 1.54) is 7.11 Å². The zero-order chi connectivity index (χ0) is 9.94. The van der Waals surface area contributed by atoms with Gasteiger partial charge >= 0.3 is 0 Å². The summed E-state index contributed by atoms with van der Waals surface area (Å²) in [6.07, 6.45) is -0.550. The fourth-order valence-corrected chi connectivity index (χ4v) is 0.678. The lowest BCUT2D eigenvalue weighted by atomic mass is 10.6. The van der Waals surface area contributed by atoms with Crippen molar-refractivity contribution in [1.82, 2.24) is 0 Å². The molecule has 1 N–H and O–H groups in total. The molecule has 0 radical (unpaired) electrons. The fourth-order valence-electron chi connectivity index (χ4n) is 0.678. The molecule has 0 bridgehead atoms. The van der Waals surface area contributed by atoms with Gasteiger partial charge in [0.2, 0.25) is 0 Å². The molecule has 0 amide bonds. The highest BCUT2D eigenvalue weighted by Gasteiger charge is 2.03. The summed E-state index contributed by atoms with van der Waals surface area (Å²) in [5.74, 6) is 0. The van der Waals surface area contributed by atoms with Crippen molar-refractivity contribution in [3.63, 3.8) is 0 Å². The molecule has 13 heavy (non-hydrogen) atoms. The molecule has 5 heteroatoms. The Hall–Kier alpha value is -0.200. The van der Waals surface area contributed by atoms with Crippen LogP contribution < -0.4 is 0 Å². The number of aliphatic hydroxyl groups is 1. The second-order valence-electron chi connectivity index (χ2n) is 2.32. The molecule has 0 aliphatic carbocycles. The van der Waals surface area contributed by atoms with Gasteiger partial charge < -0.3 is 24.1 Å². The molecule has 0 heterocycles. The summed E-state index contributed by atoms with van der Waals surface area (Å²) in [5, 5.41) is 8.66. The van der Waals surface area contributed by atoms with Crippen LogP contribution in [0, 0.1) is 0 Å². The number of rotatable bonds is 9. The lowest BCUT2D eigenvalue weighted by molar-refractivity contribution is -0.154. The van der Waals surface area contributed by atoms with Gasteiger partial charge in [-0.25, -0.2) is 0 Å². The minimum absolute atomic E-state index is 0.144. The molecule has 0 aliphatic heterocycles. The largest absolute Gasteiger partial charge is 0.391 e. The highest BCUT2D eigenvalue weighted by molar-refractivity contribution is 4.38. The van der Waals surface area contributed by atoms with Crippen LogP contribution in [-0.2, 0) is 18.9 Å². The first kappa shape index (κ1) is 12.8. The van der Waals surface area contributed by atoms with Crippen LogP contribution in [0.15, 0.2) is 0 Å². The Labute approximate surface area is 78.5 Å². The Morgan fingerprint density at radius 3 is 2.31 bits per heavy atom. The van der Waals surface area contributed by atoms with Gasteiger partial charge in [-0.2, -0.15) is 0 Å². The van der Waals surface area contributed by atoms with E-state index in [0.29, 0.717) is 26.4 Å². The van der Waals surface area contributed by atoms with E-state index < -0.39 is 6.29 Å². The average Bonchev–Trinajstić information content (AvgIpc) is 2.17. The van der Waals surface area contributed by atoms with Gasteiger partial charge in [-0.15, -0.1) is 0 Å². The maximum absolute atomic E-state index is 8.66. The summed E-state index contributed by atoms with van der Waals surface area (Å²) in [6.45, 7) is 1.87. The Kier molecular flexibility index (Phi) is 9.73. The van der Waals surface area contributed by atoms with E-state index >= 15 is 0 Å². The molecule has 5 nitrogen and oxygen atoms in total. The molecule has 0 aliphatic rings. The smallest absolute Gasteiger partial charge is 0.180 e. The van der Waals surface area contributed by atoms with Crippen LogP contribution in [-0.4, -0.2) is 58.7 Å². The molecule has 0 saturated heterocycles. The van der Waals surface area contributed by atoms with Gasteiger partial charge in [-0.3, -0.25) is 0 Å². The molecular weight excluding hydrogens is 176 g/mol. The monoisotopic (exact) mass is 194 g/mol. The molecule has 80 valence electrons. The van der Waals surface area contributed by atoms with Crippen molar-refractivity contribution in [2.24, 2.45) is 0 Å². The van der Waals surface area contributed by atoms with Crippen molar-refractivity contribution < 1.29 is 24.1 Å². The maximum atomic E-state index is 8.66. The maximum Gasteiger partial charge on any atom is 0.180 e. The van der Waals surface area contributed by atoms with Crippen LogP contribution in [0.3, 0.4) is 0 Å². The average molecular weight is 194 g/mol. The van der Waals surface area contributed by atoms with E-state index in [-0.39, 0.29) is 6.61 Å². The topological polar surface area (TPSA) is 57.2 Å². The molecule has 0 saturated carbocycles. The lowest BCUT2D eigenvalue weighted by Crippen LogP contribution is -2.22. The first-order chi connectivity index (χ1) is 6.35. The highest BCUT2D eigenvalue weighted by atomic mass is 16.7. The van der Waals surface area contributed by atoms with Crippen LogP contribution in [0.25, 0.3) is 0 Å². The Bertz CT molecular complexity index is 94.5. The SMILES string of the molecule is COCCOCCOC(CO)OC. The molecule has 1 atom stereocenters. The second-order valence-corrected chi connectivity index (χ2v) is 2.32. The standard InChI is InChI=1S/C8H18O5/c1-10-3-4-12-5-6-13-8(7-9)11-2/h8-9H,3-7H2,1-2H3. The number of ether oxygens (including phenoxy) is 4. The van der Waals surface area contributed by atoms with Gasteiger partial charge in [-0.05, 0) is 0 Å². The Balaban J connectivity index is 3.05. The van der Waals surface area contributed by atoms with Crippen LogP contribution in [0.5, 0.6) is 0 Å². The quantitative estimate of drug-likeness (QED) is 0.401. The second kappa shape index (κ2) is 9.88. The summed E-state index contributed by atoms with van der Waals surface area (Å²) >= 11 is 0. The molecule has 0 aromatic rings. The van der Waals surface area contributed by atoms with E-state index in [1.807, 2.05) is 0 Å². The van der Waals surface area contributed by atoms with E-state index in [0.717, 1.165) is 0 Å². The normalized spacial score (nSPS) is 13.2. The Morgan fingerprint density at radius 2 is 1.77 bits per heavy atom. The number of aliphatic hydroxyl groups excluding tert-OH is 1. The number of methoxy groups -OCH3 is 2. The summed E-state index contributed by atoms with van der Waals surface area (Å²) in [4.78, 5) is 0. The first-order valence-electron chi connectivity index (χ1n) is 4.17. The van der Waals surface area contributed by atoms with Crippen molar-refractivity contribution in [3.8, 4) is 0 Å². The van der Waals surface area contributed by atoms with Gasteiger partial charge in [-0.1, -0.05) is 0 Å². The number of hydrogen-bond donors (Lipinski definition) is 1.